The number of fused-ring (bicyclic) bond motifs is 1. The van der Waals surface area contributed by atoms with Crippen LogP contribution in [-0.2, 0) is 29.7 Å². The number of hydrogen-bond acceptors (Lipinski definition) is 6. The average molecular weight is 466 g/mol. The Morgan fingerprint density at radius 1 is 1.18 bits per heavy atom. The predicted octanol–water partition coefficient (Wildman–Crippen LogP) is 3.26. The number of allylic oxidation sites excluding steroid dienone is 2. The number of hydrogen-bond donors (Lipinski definition) is 0. The van der Waals surface area contributed by atoms with Gasteiger partial charge in [0.25, 0.3) is 5.56 Å². The van der Waals surface area contributed by atoms with Gasteiger partial charge in [-0.3, -0.25) is 23.6 Å². The second-order valence-electron chi connectivity index (χ2n) is 8.88. The minimum absolute atomic E-state index is 0.0330. The van der Waals surface area contributed by atoms with E-state index in [-0.39, 0.29) is 30.9 Å². The topological polar surface area (TPSA) is 101 Å². The van der Waals surface area contributed by atoms with Crippen molar-refractivity contribution in [3.8, 4) is 0 Å². The molecule has 0 aromatic carbocycles. The molecule has 1 aliphatic rings. The van der Waals surface area contributed by atoms with Crippen molar-refractivity contribution < 1.29 is 14.3 Å². The quantitative estimate of drug-likeness (QED) is 0.273. The molecule has 0 aliphatic heterocycles. The van der Waals surface area contributed by atoms with Crippen LogP contribution in [0, 0.1) is 13.8 Å². The highest BCUT2D eigenvalue weighted by Crippen LogP contribution is 2.23. The molecule has 3 aromatic heterocycles. The van der Waals surface area contributed by atoms with E-state index >= 15 is 0 Å². The summed E-state index contributed by atoms with van der Waals surface area (Å²) in [5.74, 6) is -0.759. The Bertz CT molecular complexity index is 1310. The maximum atomic E-state index is 12.7. The molecule has 0 fully saturated rings. The van der Waals surface area contributed by atoms with Crippen LogP contribution < -0.4 is 5.56 Å². The summed E-state index contributed by atoms with van der Waals surface area (Å²) in [7, 11) is 1.71. The molecule has 3 aromatic rings. The fraction of sp³-hybridized carbons (Fsp3) is 0.480. The molecule has 34 heavy (non-hydrogen) atoms. The number of ketones is 1. The summed E-state index contributed by atoms with van der Waals surface area (Å²) in [6.07, 6.45) is 11.0. The summed E-state index contributed by atoms with van der Waals surface area (Å²) in [6, 6.07) is 1.87. The summed E-state index contributed by atoms with van der Waals surface area (Å²) in [4.78, 5) is 41.7. The van der Waals surface area contributed by atoms with Crippen LogP contribution >= 0.6 is 0 Å². The van der Waals surface area contributed by atoms with Crippen LogP contribution in [0.5, 0.6) is 0 Å². The molecule has 0 N–H and O–H groups in total. The molecule has 0 bridgehead atoms. The van der Waals surface area contributed by atoms with Gasteiger partial charge in [-0.2, -0.15) is 5.10 Å². The lowest BCUT2D eigenvalue weighted by Gasteiger charge is -2.15. The van der Waals surface area contributed by atoms with E-state index in [1.807, 2.05) is 19.9 Å². The molecule has 0 atom stereocenters. The monoisotopic (exact) mass is 465 g/mol. The predicted molar refractivity (Wildman–Crippen MR) is 128 cm³/mol. The van der Waals surface area contributed by atoms with E-state index in [4.69, 9.17) is 4.74 Å². The molecule has 1 aliphatic carbocycles. The van der Waals surface area contributed by atoms with Crippen LogP contribution in [-0.4, -0.2) is 42.3 Å². The second-order valence-corrected chi connectivity index (χ2v) is 8.88. The van der Waals surface area contributed by atoms with Crippen molar-refractivity contribution in [3.05, 3.63) is 57.5 Å². The van der Waals surface area contributed by atoms with Crippen LogP contribution in [0.4, 0.5) is 0 Å². The third kappa shape index (κ3) is 5.03. The van der Waals surface area contributed by atoms with Gasteiger partial charge in [-0.25, -0.2) is 4.98 Å². The number of ether oxygens (including phenoxy) is 1. The first kappa shape index (κ1) is 23.7. The molecular formula is C25H31N5O4. The Morgan fingerprint density at radius 2 is 2.00 bits per heavy atom. The molecule has 9 nitrogen and oxygen atoms in total. The molecule has 0 amide bonds. The highest BCUT2D eigenvalue weighted by atomic mass is 16.5. The zero-order valence-electron chi connectivity index (χ0n) is 20.0. The minimum Gasteiger partial charge on any atom is -0.457 e. The van der Waals surface area contributed by atoms with Crippen molar-refractivity contribution in [1.29, 1.82) is 0 Å². The maximum Gasteiger partial charge on any atom is 0.308 e. The van der Waals surface area contributed by atoms with Crippen LogP contribution in [0.3, 0.4) is 0 Å². The van der Waals surface area contributed by atoms with Gasteiger partial charge in [0.15, 0.2) is 12.3 Å². The lowest BCUT2D eigenvalue weighted by molar-refractivity contribution is -0.142. The highest BCUT2D eigenvalue weighted by molar-refractivity contribution is 5.99. The molecule has 180 valence electrons. The third-order valence-electron chi connectivity index (χ3n) is 6.55. The highest BCUT2D eigenvalue weighted by Gasteiger charge is 2.18. The number of carbonyl (C=O) groups excluding carboxylic acids is 2. The molecule has 0 unspecified atom stereocenters. The van der Waals surface area contributed by atoms with E-state index < -0.39 is 5.97 Å². The number of aromatic nitrogens is 5. The van der Waals surface area contributed by atoms with Crippen molar-refractivity contribution in [2.45, 2.75) is 65.5 Å². The number of nitrogens with zero attached hydrogens (tertiary/aromatic N) is 5. The van der Waals surface area contributed by atoms with Gasteiger partial charge in [0.2, 0.25) is 5.78 Å². The Labute approximate surface area is 198 Å². The van der Waals surface area contributed by atoms with E-state index in [0.29, 0.717) is 16.6 Å². The molecule has 0 spiro atoms. The smallest absolute Gasteiger partial charge is 0.308 e. The zero-order valence-corrected chi connectivity index (χ0v) is 20.0. The molecule has 3 heterocycles. The van der Waals surface area contributed by atoms with Gasteiger partial charge in [-0.15, -0.1) is 0 Å². The Balaban J connectivity index is 1.31. The fourth-order valence-electron chi connectivity index (χ4n) is 4.55. The van der Waals surface area contributed by atoms with E-state index in [2.05, 4.69) is 20.7 Å². The van der Waals surface area contributed by atoms with Crippen LogP contribution in [0.1, 0.15) is 60.3 Å². The molecular weight excluding hydrogens is 434 g/mol. The summed E-state index contributed by atoms with van der Waals surface area (Å²) in [6.45, 7) is 4.58. The number of Topliss-reactive ketones (excluding diaryl/α,β-unsaturated/α-hetero) is 1. The molecule has 0 radical (unpaired) electrons. The van der Waals surface area contributed by atoms with Gasteiger partial charge in [0.05, 0.1) is 18.9 Å². The summed E-state index contributed by atoms with van der Waals surface area (Å²) < 4.78 is 10.2. The van der Waals surface area contributed by atoms with Crippen LogP contribution in [0.25, 0.3) is 11.0 Å². The normalized spacial score (nSPS) is 13.8. The number of aryl methyl sites for hydroxylation is 3. The summed E-state index contributed by atoms with van der Waals surface area (Å²) >= 11 is 0. The standard InChI is InChI=1S/C25H31N5O4/c1-17-13-20(18(2)30(17)12-9-19-7-5-4-6-8-19)22(31)15-34-23(32)10-11-29-16-26-24-21(25(29)33)14-27-28(24)3/h7,13-14,16H,4-6,8-12,15H2,1-3H3. The third-order valence-corrected chi connectivity index (χ3v) is 6.55. The van der Waals surface area contributed by atoms with E-state index in [9.17, 15) is 14.4 Å². The molecule has 4 rings (SSSR count). The zero-order chi connectivity index (χ0) is 24.2. The van der Waals surface area contributed by atoms with Gasteiger partial charge in [0, 0.05) is 37.1 Å². The van der Waals surface area contributed by atoms with Gasteiger partial charge in [0.1, 0.15) is 5.39 Å². The number of rotatable bonds is 9. The first-order valence-corrected chi connectivity index (χ1v) is 11.8. The van der Waals surface area contributed by atoms with Gasteiger partial charge < -0.3 is 9.30 Å². The van der Waals surface area contributed by atoms with Crippen molar-refractivity contribution >= 4 is 22.8 Å². The summed E-state index contributed by atoms with van der Waals surface area (Å²) in [5.41, 5.74) is 4.24. The molecule has 9 heteroatoms. The summed E-state index contributed by atoms with van der Waals surface area (Å²) in [5, 5.41) is 4.42. The van der Waals surface area contributed by atoms with E-state index in [1.165, 1.54) is 46.6 Å². The fourth-order valence-corrected chi connectivity index (χ4v) is 4.55. The van der Waals surface area contributed by atoms with Crippen molar-refractivity contribution in [1.82, 2.24) is 23.9 Å². The largest absolute Gasteiger partial charge is 0.457 e. The van der Waals surface area contributed by atoms with Gasteiger partial charge in [-0.1, -0.05) is 11.6 Å². The number of carbonyl (C=O) groups is 2. The van der Waals surface area contributed by atoms with E-state index in [0.717, 1.165) is 30.8 Å². The first-order chi connectivity index (χ1) is 16.3. The molecule has 0 saturated carbocycles. The van der Waals surface area contributed by atoms with E-state index in [1.54, 1.807) is 7.05 Å². The average Bonchev–Trinajstić information content (AvgIpc) is 3.35. The first-order valence-electron chi connectivity index (χ1n) is 11.8. The van der Waals surface area contributed by atoms with Crippen molar-refractivity contribution in [3.63, 3.8) is 0 Å². The second kappa shape index (κ2) is 10.2. The number of esters is 1. The van der Waals surface area contributed by atoms with Crippen molar-refractivity contribution in [2.75, 3.05) is 6.61 Å². The maximum absolute atomic E-state index is 12.7. The Morgan fingerprint density at radius 3 is 2.76 bits per heavy atom. The lowest BCUT2D eigenvalue weighted by Crippen LogP contribution is -2.23. The molecule has 0 saturated heterocycles. The minimum atomic E-state index is -0.537. The lowest BCUT2D eigenvalue weighted by atomic mass is 9.97. The van der Waals surface area contributed by atoms with Crippen LogP contribution in [0.2, 0.25) is 0 Å². The van der Waals surface area contributed by atoms with Gasteiger partial charge >= 0.3 is 5.97 Å². The van der Waals surface area contributed by atoms with Gasteiger partial charge in [-0.05, 0) is 52.0 Å². The van der Waals surface area contributed by atoms with Crippen molar-refractivity contribution in [2.24, 2.45) is 7.05 Å². The Hall–Kier alpha value is -3.49. The SMILES string of the molecule is Cc1cc(C(=O)COC(=O)CCn2cnc3c(cnn3C)c2=O)c(C)n1CCC1=CCCCC1. The van der Waals surface area contributed by atoms with Crippen LogP contribution in [0.15, 0.2) is 35.0 Å². The Kier molecular flexibility index (Phi) is 7.09.